The highest BCUT2D eigenvalue weighted by molar-refractivity contribution is 9.11. The van der Waals surface area contributed by atoms with Crippen LogP contribution in [-0.4, -0.2) is 39.4 Å². The van der Waals surface area contributed by atoms with E-state index in [1.165, 1.54) is 18.4 Å². The van der Waals surface area contributed by atoms with Crippen LogP contribution in [0.15, 0.2) is 15.9 Å². The minimum Gasteiger partial charge on any atom is -0.385 e. The van der Waals surface area contributed by atoms with Crippen molar-refractivity contribution in [2.24, 2.45) is 0 Å². The number of carbonyl (C=O) groups is 1. The molecule has 17 heavy (non-hydrogen) atoms. The Hall–Kier alpha value is -0.240. The van der Waals surface area contributed by atoms with Crippen molar-refractivity contribution in [1.29, 1.82) is 0 Å². The van der Waals surface area contributed by atoms with E-state index < -0.39 is 15.6 Å². The van der Waals surface area contributed by atoms with Gasteiger partial charge in [0.2, 0.25) is 0 Å². The number of carbonyl (C=O) groups excluding carboxylic acids is 1. The van der Waals surface area contributed by atoms with E-state index in [0.29, 0.717) is 17.9 Å². The molecule has 4 nitrogen and oxygen atoms in total. The van der Waals surface area contributed by atoms with Crippen molar-refractivity contribution < 1.29 is 17.9 Å². The number of Topliss-reactive ketones (excluding diaryl/α,β-unsaturated/α-hetero) is 1. The largest absolute Gasteiger partial charge is 0.385 e. The lowest BCUT2D eigenvalue weighted by molar-refractivity contribution is 0.102. The van der Waals surface area contributed by atoms with E-state index in [4.69, 9.17) is 4.74 Å². The highest BCUT2D eigenvalue weighted by atomic mass is 79.9. The van der Waals surface area contributed by atoms with E-state index in [0.717, 1.165) is 3.79 Å². The van der Waals surface area contributed by atoms with Gasteiger partial charge in [-0.2, -0.15) is 0 Å². The van der Waals surface area contributed by atoms with Crippen LogP contribution in [0.5, 0.6) is 0 Å². The second kappa shape index (κ2) is 6.63. The number of methoxy groups -OCH3 is 1. The summed E-state index contributed by atoms with van der Waals surface area (Å²) in [4.78, 5) is 12.2. The molecule has 0 aromatic carbocycles. The molecular formula is C10H13BrO4S2. The maximum Gasteiger partial charge on any atom is 0.187 e. The fraction of sp³-hybridized carbons (Fsp3) is 0.500. The van der Waals surface area contributed by atoms with Gasteiger partial charge in [-0.05, 0) is 34.5 Å². The monoisotopic (exact) mass is 340 g/mol. The van der Waals surface area contributed by atoms with E-state index in [9.17, 15) is 13.2 Å². The number of ether oxygens (including phenoxy) is 1. The highest BCUT2D eigenvalue weighted by Gasteiger charge is 2.18. The van der Waals surface area contributed by atoms with Gasteiger partial charge in [-0.15, -0.1) is 11.3 Å². The third-order valence-corrected chi connectivity index (χ3v) is 5.28. The summed E-state index contributed by atoms with van der Waals surface area (Å²) in [7, 11) is -1.82. The normalized spacial score (nSPS) is 11.6. The van der Waals surface area contributed by atoms with Crippen molar-refractivity contribution in [1.82, 2.24) is 0 Å². The van der Waals surface area contributed by atoms with Crippen molar-refractivity contribution >= 4 is 42.9 Å². The molecule has 0 amide bonds. The minimum absolute atomic E-state index is 0.0148. The van der Waals surface area contributed by atoms with Gasteiger partial charge in [-0.25, -0.2) is 8.42 Å². The van der Waals surface area contributed by atoms with Gasteiger partial charge in [0.05, 0.1) is 14.4 Å². The zero-order valence-electron chi connectivity index (χ0n) is 9.31. The summed E-state index contributed by atoms with van der Waals surface area (Å²) in [6.07, 6.45) is 0.417. The van der Waals surface area contributed by atoms with Crippen LogP contribution in [0.2, 0.25) is 0 Å². The van der Waals surface area contributed by atoms with Gasteiger partial charge in [0.25, 0.3) is 0 Å². The summed E-state index contributed by atoms with van der Waals surface area (Å²) in [6, 6.07) is 3.36. The van der Waals surface area contributed by atoms with E-state index >= 15 is 0 Å². The Bertz CT molecular complexity index is 478. The Morgan fingerprint density at radius 3 is 2.71 bits per heavy atom. The second-order valence-electron chi connectivity index (χ2n) is 3.47. The van der Waals surface area contributed by atoms with Crippen LogP contribution in [0.25, 0.3) is 0 Å². The first-order chi connectivity index (χ1) is 7.94. The Balaban J connectivity index is 2.56. The quantitative estimate of drug-likeness (QED) is 0.563. The molecule has 0 spiro atoms. The predicted octanol–water partition coefficient (Wildman–Crippen LogP) is 2.14. The lowest BCUT2D eigenvalue weighted by Gasteiger charge is -2.02. The molecule has 0 bridgehead atoms. The van der Waals surface area contributed by atoms with E-state index in [2.05, 4.69) is 15.9 Å². The summed E-state index contributed by atoms with van der Waals surface area (Å²) in [5, 5.41) is 0. The van der Waals surface area contributed by atoms with Gasteiger partial charge >= 0.3 is 0 Å². The molecule has 0 saturated carbocycles. The SMILES string of the molecule is COCCCS(=O)(=O)CC(=O)c1ccc(Br)s1. The zero-order valence-corrected chi connectivity index (χ0v) is 12.5. The van der Waals surface area contributed by atoms with Gasteiger partial charge in [-0.3, -0.25) is 4.79 Å². The maximum atomic E-state index is 11.7. The lowest BCUT2D eigenvalue weighted by atomic mass is 10.4. The number of ketones is 1. The van der Waals surface area contributed by atoms with Crippen molar-refractivity contribution in [2.75, 3.05) is 25.2 Å². The first-order valence-electron chi connectivity index (χ1n) is 4.92. The topological polar surface area (TPSA) is 60.4 Å². The van der Waals surface area contributed by atoms with E-state index in [1.54, 1.807) is 12.1 Å². The molecule has 0 atom stereocenters. The number of rotatable bonds is 7. The minimum atomic E-state index is -3.33. The molecule has 0 aliphatic heterocycles. The van der Waals surface area contributed by atoms with Crippen LogP contribution < -0.4 is 0 Å². The third kappa shape index (κ3) is 5.29. The number of thiophene rings is 1. The Morgan fingerprint density at radius 2 is 2.18 bits per heavy atom. The maximum absolute atomic E-state index is 11.7. The molecule has 1 rings (SSSR count). The number of sulfone groups is 1. The van der Waals surface area contributed by atoms with Crippen molar-refractivity contribution in [2.45, 2.75) is 6.42 Å². The van der Waals surface area contributed by atoms with E-state index in [1.807, 2.05) is 0 Å². The smallest absolute Gasteiger partial charge is 0.187 e. The van der Waals surface area contributed by atoms with Crippen molar-refractivity contribution in [3.8, 4) is 0 Å². The van der Waals surface area contributed by atoms with E-state index in [-0.39, 0.29) is 11.5 Å². The third-order valence-electron chi connectivity index (χ3n) is 2.00. The molecule has 0 aliphatic rings. The van der Waals surface area contributed by atoms with Gasteiger partial charge < -0.3 is 4.74 Å². The zero-order chi connectivity index (χ0) is 12.9. The molecule has 0 radical (unpaired) electrons. The molecule has 1 aromatic heterocycles. The lowest BCUT2D eigenvalue weighted by Crippen LogP contribution is -2.19. The highest BCUT2D eigenvalue weighted by Crippen LogP contribution is 2.22. The molecular weight excluding hydrogens is 328 g/mol. The number of halogens is 1. The molecule has 0 N–H and O–H groups in total. The van der Waals surface area contributed by atoms with Crippen LogP contribution in [0.1, 0.15) is 16.1 Å². The Kier molecular flexibility index (Phi) is 5.78. The summed E-state index contributed by atoms with van der Waals surface area (Å²) in [5.74, 6) is -0.791. The second-order valence-corrected chi connectivity index (χ2v) is 8.11. The van der Waals surface area contributed by atoms with Crippen molar-refractivity contribution in [3.63, 3.8) is 0 Å². The van der Waals surface area contributed by atoms with Gasteiger partial charge in [0, 0.05) is 13.7 Å². The van der Waals surface area contributed by atoms with Crippen LogP contribution in [0.4, 0.5) is 0 Å². The first kappa shape index (κ1) is 14.8. The molecule has 96 valence electrons. The summed E-state index contributed by atoms with van der Waals surface area (Å²) < 4.78 is 28.8. The van der Waals surface area contributed by atoms with Crippen LogP contribution in [0.3, 0.4) is 0 Å². The molecule has 7 heteroatoms. The molecule has 0 fully saturated rings. The number of hydrogen-bond donors (Lipinski definition) is 0. The number of hydrogen-bond acceptors (Lipinski definition) is 5. The first-order valence-corrected chi connectivity index (χ1v) is 8.35. The average Bonchev–Trinajstić information content (AvgIpc) is 2.64. The fourth-order valence-electron chi connectivity index (χ4n) is 1.23. The van der Waals surface area contributed by atoms with Gasteiger partial charge in [-0.1, -0.05) is 0 Å². The molecule has 0 aliphatic carbocycles. The average molecular weight is 341 g/mol. The van der Waals surface area contributed by atoms with Gasteiger partial charge in [0.1, 0.15) is 5.75 Å². The Morgan fingerprint density at radius 1 is 1.47 bits per heavy atom. The predicted molar refractivity (Wildman–Crippen MR) is 71.5 cm³/mol. The van der Waals surface area contributed by atoms with Crippen molar-refractivity contribution in [3.05, 3.63) is 20.8 Å². The molecule has 1 aromatic rings. The molecule has 0 unspecified atom stereocenters. The molecule has 1 heterocycles. The standard InChI is InChI=1S/C10H13BrO4S2/c1-15-5-2-6-17(13,14)7-8(12)9-3-4-10(11)16-9/h3-4H,2,5-7H2,1H3. The summed E-state index contributed by atoms with van der Waals surface area (Å²) >= 11 is 4.47. The summed E-state index contributed by atoms with van der Waals surface area (Å²) in [5.41, 5.74) is 0. The fourth-order valence-corrected chi connectivity index (χ4v) is 3.90. The van der Waals surface area contributed by atoms with Crippen LogP contribution in [-0.2, 0) is 14.6 Å². The van der Waals surface area contributed by atoms with Gasteiger partial charge in [0.15, 0.2) is 15.6 Å². The van der Waals surface area contributed by atoms with Crippen LogP contribution in [0, 0.1) is 0 Å². The molecule has 0 saturated heterocycles. The Labute approximate surface area is 113 Å². The van der Waals surface area contributed by atoms with Crippen LogP contribution >= 0.6 is 27.3 Å². The summed E-state index contributed by atoms with van der Waals surface area (Å²) in [6.45, 7) is 0.387.